The molecule has 5 heteroatoms. The average Bonchev–Trinajstić information content (AvgIpc) is 2.93. The fourth-order valence-electron chi connectivity index (χ4n) is 2.20. The van der Waals surface area contributed by atoms with Crippen LogP contribution in [0, 0.1) is 5.92 Å². The number of benzene rings is 1. The Labute approximate surface area is 111 Å². The highest BCUT2D eigenvalue weighted by Crippen LogP contribution is 2.45. The Morgan fingerprint density at radius 2 is 2.11 bits per heavy atom. The van der Waals surface area contributed by atoms with Crippen molar-refractivity contribution < 1.29 is 9.63 Å². The fourth-order valence-corrected chi connectivity index (χ4v) is 2.20. The van der Waals surface area contributed by atoms with Crippen molar-refractivity contribution in [2.45, 2.75) is 31.7 Å². The predicted octanol–water partition coefficient (Wildman–Crippen LogP) is 2.14. The quantitative estimate of drug-likeness (QED) is 0.878. The first-order chi connectivity index (χ1) is 9.13. The first kappa shape index (κ1) is 12.2. The molecule has 2 unspecified atom stereocenters. The van der Waals surface area contributed by atoms with E-state index in [1.807, 2.05) is 12.1 Å². The molecule has 3 N–H and O–H groups in total. The number of aromatic nitrogens is 2. The minimum absolute atomic E-state index is 0.250. The first-order valence-electron chi connectivity index (χ1n) is 6.50. The first-order valence-corrected chi connectivity index (χ1v) is 6.50. The number of nitrogens with two attached hydrogens (primary N) is 1. The number of phenolic OH excluding ortho intramolecular Hbond substituents is 1. The van der Waals surface area contributed by atoms with Gasteiger partial charge in [-0.3, -0.25) is 0 Å². The minimum atomic E-state index is -0.306. The third-order valence-corrected chi connectivity index (χ3v) is 3.61. The topological polar surface area (TPSA) is 85.2 Å². The van der Waals surface area contributed by atoms with Crippen LogP contribution in [0.25, 0.3) is 0 Å². The molecule has 1 aromatic carbocycles. The molecule has 0 spiro atoms. The van der Waals surface area contributed by atoms with Gasteiger partial charge >= 0.3 is 0 Å². The smallest absolute Gasteiger partial charge is 0.243 e. The lowest BCUT2D eigenvalue weighted by Gasteiger charge is -2.06. The van der Waals surface area contributed by atoms with Crippen LogP contribution in [-0.2, 0) is 6.42 Å². The van der Waals surface area contributed by atoms with Gasteiger partial charge in [0, 0.05) is 5.92 Å². The summed E-state index contributed by atoms with van der Waals surface area (Å²) < 4.78 is 5.24. The second-order valence-corrected chi connectivity index (χ2v) is 5.29. The maximum absolute atomic E-state index is 9.23. The summed E-state index contributed by atoms with van der Waals surface area (Å²) in [5, 5.41) is 13.2. The third kappa shape index (κ3) is 2.61. The van der Waals surface area contributed by atoms with E-state index in [2.05, 4.69) is 17.1 Å². The van der Waals surface area contributed by atoms with Gasteiger partial charge in [-0.2, -0.15) is 4.98 Å². The molecule has 2 aromatic rings. The molecule has 100 valence electrons. The van der Waals surface area contributed by atoms with Crippen molar-refractivity contribution in [2.24, 2.45) is 11.7 Å². The van der Waals surface area contributed by atoms with Crippen LogP contribution in [-0.4, -0.2) is 15.2 Å². The van der Waals surface area contributed by atoms with Crippen molar-refractivity contribution in [1.82, 2.24) is 10.1 Å². The molecule has 1 fully saturated rings. The lowest BCUT2D eigenvalue weighted by Crippen LogP contribution is -2.13. The van der Waals surface area contributed by atoms with E-state index >= 15 is 0 Å². The Hall–Kier alpha value is -1.88. The Bertz CT molecular complexity index is 564. The number of rotatable bonds is 4. The number of nitrogens with zero attached hydrogens (tertiary/aromatic N) is 2. The summed E-state index contributed by atoms with van der Waals surface area (Å²) >= 11 is 0. The van der Waals surface area contributed by atoms with Gasteiger partial charge in [0.05, 0.1) is 6.04 Å². The highest BCUT2D eigenvalue weighted by Gasteiger charge is 2.38. The minimum Gasteiger partial charge on any atom is -0.508 e. The zero-order chi connectivity index (χ0) is 13.4. The summed E-state index contributed by atoms with van der Waals surface area (Å²) in [5.74, 6) is 2.61. The Balaban J connectivity index is 1.68. The summed E-state index contributed by atoms with van der Waals surface area (Å²) in [4.78, 5) is 4.38. The monoisotopic (exact) mass is 259 g/mol. The van der Waals surface area contributed by atoms with Crippen LogP contribution in [0.3, 0.4) is 0 Å². The normalized spacial score (nSPS) is 23.3. The van der Waals surface area contributed by atoms with Gasteiger partial charge < -0.3 is 15.4 Å². The number of hydrogen-bond donors (Lipinski definition) is 2. The van der Waals surface area contributed by atoms with Crippen molar-refractivity contribution in [3.05, 3.63) is 41.5 Å². The highest BCUT2D eigenvalue weighted by atomic mass is 16.5. The fraction of sp³-hybridized carbons (Fsp3) is 0.429. The Kier molecular flexibility index (Phi) is 2.98. The zero-order valence-electron chi connectivity index (χ0n) is 10.8. The predicted molar refractivity (Wildman–Crippen MR) is 69.6 cm³/mol. The van der Waals surface area contributed by atoms with E-state index in [0.29, 0.717) is 24.1 Å². The molecule has 1 aliphatic carbocycles. The van der Waals surface area contributed by atoms with Gasteiger partial charge in [-0.05, 0) is 36.5 Å². The number of hydrogen-bond acceptors (Lipinski definition) is 5. The molecule has 0 radical (unpaired) electrons. The largest absolute Gasteiger partial charge is 0.508 e. The molecular weight excluding hydrogens is 242 g/mol. The molecule has 0 saturated heterocycles. The Morgan fingerprint density at radius 3 is 2.74 bits per heavy atom. The van der Waals surface area contributed by atoms with Crippen LogP contribution in [0.4, 0.5) is 0 Å². The maximum Gasteiger partial charge on any atom is 0.243 e. The molecule has 1 aliphatic rings. The van der Waals surface area contributed by atoms with Crippen LogP contribution < -0.4 is 5.73 Å². The van der Waals surface area contributed by atoms with Crippen LogP contribution >= 0.6 is 0 Å². The maximum atomic E-state index is 9.23. The second kappa shape index (κ2) is 4.66. The summed E-state index contributed by atoms with van der Waals surface area (Å²) in [5.41, 5.74) is 7.11. The van der Waals surface area contributed by atoms with E-state index in [1.165, 1.54) is 0 Å². The SMILES string of the molecule is CC1CC1c1noc([C@H](N)Cc2ccc(O)cc2)n1. The number of aromatic hydroxyl groups is 1. The van der Waals surface area contributed by atoms with Crippen molar-refractivity contribution in [1.29, 1.82) is 0 Å². The van der Waals surface area contributed by atoms with E-state index < -0.39 is 0 Å². The molecule has 0 amide bonds. The molecule has 3 atom stereocenters. The highest BCUT2D eigenvalue weighted by molar-refractivity contribution is 5.26. The lowest BCUT2D eigenvalue weighted by molar-refractivity contribution is 0.350. The number of phenols is 1. The molecule has 19 heavy (non-hydrogen) atoms. The standard InChI is InChI=1S/C14H17N3O2/c1-8-6-11(8)13-16-14(19-17-13)12(15)7-9-2-4-10(18)5-3-9/h2-5,8,11-12,18H,6-7,15H2,1H3/t8?,11?,12-/m1/s1. The van der Waals surface area contributed by atoms with Crippen molar-refractivity contribution in [3.63, 3.8) is 0 Å². The van der Waals surface area contributed by atoms with Crippen LogP contribution in [0.2, 0.25) is 0 Å². The van der Waals surface area contributed by atoms with Gasteiger partial charge in [-0.25, -0.2) is 0 Å². The van der Waals surface area contributed by atoms with Crippen molar-refractivity contribution >= 4 is 0 Å². The molecular formula is C14H17N3O2. The summed E-state index contributed by atoms with van der Waals surface area (Å²) in [6, 6.07) is 6.67. The molecule has 3 rings (SSSR count). The van der Waals surface area contributed by atoms with E-state index in [1.54, 1.807) is 12.1 Å². The van der Waals surface area contributed by atoms with Gasteiger partial charge in [0.1, 0.15) is 5.75 Å². The molecule has 0 aliphatic heterocycles. The molecule has 1 saturated carbocycles. The van der Waals surface area contributed by atoms with Crippen LogP contribution in [0.5, 0.6) is 5.75 Å². The van der Waals surface area contributed by atoms with E-state index in [4.69, 9.17) is 10.3 Å². The molecule has 0 bridgehead atoms. The second-order valence-electron chi connectivity index (χ2n) is 5.29. The average molecular weight is 259 g/mol. The molecule has 1 heterocycles. The molecule has 1 aromatic heterocycles. The van der Waals surface area contributed by atoms with Gasteiger partial charge in [0.2, 0.25) is 5.89 Å². The van der Waals surface area contributed by atoms with E-state index in [-0.39, 0.29) is 11.8 Å². The third-order valence-electron chi connectivity index (χ3n) is 3.61. The summed E-state index contributed by atoms with van der Waals surface area (Å²) in [6.45, 7) is 2.18. The summed E-state index contributed by atoms with van der Waals surface area (Å²) in [7, 11) is 0. The van der Waals surface area contributed by atoms with Gasteiger partial charge in [0.25, 0.3) is 0 Å². The van der Waals surface area contributed by atoms with Crippen LogP contribution in [0.15, 0.2) is 28.8 Å². The molecule has 5 nitrogen and oxygen atoms in total. The van der Waals surface area contributed by atoms with E-state index in [9.17, 15) is 5.11 Å². The van der Waals surface area contributed by atoms with Gasteiger partial charge in [0.15, 0.2) is 5.82 Å². The van der Waals surface area contributed by atoms with E-state index in [0.717, 1.165) is 17.8 Å². The van der Waals surface area contributed by atoms with Crippen molar-refractivity contribution in [3.8, 4) is 5.75 Å². The van der Waals surface area contributed by atoms with Gasteiger partial charge in [-0.1, -0.05) is 24.2 Å². The van der Waals surface area contributed by atoms with Crippen molar-refractivity contribution in [2.75, 3.05) is 0 Å². The Morgan fingerprint density at radius 1 is 1.42 bits per heavy atom. The van der Waals surface area contributed by atoms with Gasteiger partial charge in [-0.15, -0.1) is 0 Å². The van der Waals surface area contributed by atoms with Crippen LogP contribution in [0.1, 0.15) is 42.6 Å². The summed E-state index contributed by atoms with van der Waals surface area (Å²) in [6.07, 6.45) is 1.74. The lowest BCUT2D eigenvalue weighted by atomic mass is 10.1. The zero-order valence-corrected chi connectivity index (χ0v) is 10.8.